The molecule has 6 heteroatoms. The number of carbonyl (C=O) groups is 2. The Morgan fingerprint density at radius 1 is 0.828 bits per heavy atom. The first-order valence-electron chi connectivity index (χ1n) is 9.27. The van der Waals surface area contributed by atoms with E-state index in [2.05, 4.69) is 10.6 Å². The zero-order valence-corrected chi connectivity index (χ0v) is 15.8. The van der Waals surface area contributed by atoms with Crippen LogP contribution in [0.15, 0.2) is 72.8 Å². The van der Waals surface area contributed by atoms with E-state index in [0.717, 1.165) is 5.56 Å². The Balaban J connectivity index is 1.45. The third kappa shape index (κ3) is 4.21. The SMILES string of the molecule is CC(NC(=O)c1cccc(C(=O)Nc2ccc3c(c2)OCO3)c1)c1ccccc1. The number of hydrogen-bond donors (Lipinski definition) is 2. The van der Waals surface area contributed by atoms with Crippen molar-refractivity contribution in [1.82, 2.24) is 5.32 Å². The summed E-state index contributed by atoms with van der Waals surface area (Å²) in [5.74, 6) is 0.689. The van der Waals surface area contributed by atoms with Gasteiger partial charge >= 0.3 is 0 Å². The minimum atomic E-state index is -0.311. The highest BCUT2D eigenvalue weighted by Crippen LogP contribution is 2.34. The fraction of sp³-hybridized carbons (Fsp3) is 0.130. The summed E-state index contributed by atoms with van der Waals surface area (Å²) >= 11 is 0. The van der Waals surface area contributed by atoms with Crippen molar-refractivity contribution in [3.8, 4) is 11.5 Å². The van der Waals surface area contributed by atoms with Crippen molar-refractivity contribution < 1.29 is 19.1 Å². The van der Waals surface area contributed by atoms with E-state index < -0.39 is 0 Å². The lowest BCUT2D eigenvalue weighted by atomic mass is 10.1. The van der Waals surface area contributed by atoms with Gasteiger partial charge in [-0.25, -0.2) is 0 Å². The Morgan fingerprint density at radius 2 is 1.55 bits per heavy atom. The Hall–Kier alpha value is -3.80. The van der Waals surface area contributed by atoms with E-state index in [4.69, 9.17) is 9.47 Å². The zero-order valence-electron chi connectivity index (χ0n) is 15.8. The summed E-state index contributed by atoms with van der Waals surface area (Å²) in [6.07, 6.45) is 0. The summed E-state index contributed by atoms with van der Waals surface area (Å²) in [5, 5.41) is 5.77. The highest BCUT2D eigenvalue weighted by atomic mass is 16.7. The van der Waals surface area contributed by atoms with Crippen molar-refractivity contribution in [2.45, 2.75) is 13.0 Å². The number of fused-ring (bicyclic) bond motifs is 1. The third-order valence-electron chi connectivity index (χ3n) is 4.66. The minimum absolute atomic E-state index is 0.144. The van der Waals surface area contributed by atoms with Gasteiger partial charge in [-0.15, -0.1) is 0 Å². The number of carbonyl (C=O) groups excluding carboxylic acids is 2. The predicted octanol–water partition coefficient (Wildman–Crippen LogP) is 4.16. The first-order valence-corrected chi connectivity index (χ1v) is 9.27. The number of benzene rings is 3. The third-order valence-corrected chi connectivity index (χ3v) is 4.66. The van der Waals surface area contributed by atoms with Crippen LogP contribution in [0.2, 0.25) is 0 Å². The quantitative estimate of drug-likeness (QED) is 0.688. The zero-order chi connectivity index (χ0) is 20.2. The lowest BCUT2D eigenvalue weighted by molar-refractivity contribution is 0.0940. The minimum Gasteiger partial charge on any atom is -0.454 e. The van der Waals surface area contributed by atoms with Gasteiger partial charge in [-0.05, 0) is 42.8 Å². The topological polar surface area (TPSA) is 76.7 Å². The van der Waals surface area contributed by atoms with Gasteiger partial charge < -0.3 is 20.1 Å². The van der Waals surface area contributed by atoms with Gasteiger partial charge in [-0.1, -0.05) is 36.4 Å². The molecule has 2 N–H and O–H groups in total. The number of ether oxygens (including phenoxy) is 2. The Kier molecular flexibility index (Phi) is 5.16. The standard InChI is InChI=1S/C23H20N2O4/c1-15(16-6-3-2-4-7-16)24-22(26)17-8-5-9-18(12-17)23(27)25-19-10-11-20-21(13-19)29-14-28-20/h2-13,15H,14H2,1H3,(H,24,26)(H,25,27). The number of amides is 2. The van der Waals surface area contributed by atoms with E-state index in [1.165, 1.54) is 0 Å². The molecule has 1 aliphatic heterocycles. The lowest BCUT2D eigenvalue weighted by Gasteiger charge is -2.14. The van der Waals surface area contributed by atoms with E-state index in [0.29, 0.717) is 28.3 Å². The van der Waals surface area contributed by atoms with Crippen LogP contribution in [0, 0.1) is 0 Å². The number of rotatable bonds is 5. The van der Waals surface area contributed by atoms with Gasteiger partial charge in [0.25, 0.3) is 11.8 Å². The fourth-order valence-corrected chi connectivity index (χ4v) is 3.08. The molecule has 0 saturated heterocycles. The molecule has 0 aromatic heterocycles. The summed E-state index contributed by atoms with van der Waals surface area (Å²) in [7, 11) is 0. The molecule has 3 aromatic carbocycles. The average molecular weight is 388 g/mol. The van der Waals surface area contributed by atoms with E-state index in [-0.39, 0.29) is 24.6 Å². The van der Waals surface area contributed by atoms with Crippen LogP contribution in [0.3, 0.4) is 0 Å². The molecule has 6 nitrogen and oxygen atoms in total. The van der Waals surface area contributed by atoms with Crippen LogP contribution in [0.25, 0.3) is 0 Å². The predicted molar refractivity (Wildman–Crippen MR) is 109 cm³/mol. The Labute approximate surface area is 168 Å². The molecule has 0 saturated carbocycles. The average Bonchev–Trinajstić information content (AvgIpc) is 3.22. The van der Waals surface area contributed by atoms with E-state index >= 15 is 0 Å². The summed E-state index contributed by atoms with van der Waals surface area (Å²) in [6.45, 7) is 2.09. The molecule has 0 radical (unpaired) electrons. The van der Waals surface area contributed by atoms with Crippen molar-refractivity contribution in [3.05, 3.63) is 89.5 Å². The van der Waals surface area contributed by atoms with Crippen LogP contribution in [0.1, 0.15) is 39.2 Å². The van der Waals surface area contributed by atoms with E-state index in [9.17, 15) is 9.59 Å². The molecular formula is C23H20N2O4. The molecule has 0 bridgehead atoms. The second-order valence-electron chi connectivity index (χ2n) is 6.71. The summed E-state index contributed by atoms with van der Waals surface area (Å²) < 4.78 is 10.6. The lowest BCUT2D eigenvalue weighted by Crippen LogP contribution is -2.27. The van der Waals surface area contributed by atoms with Gasteiger partial charge in [0.15, 0.2) is 11.5 Å². The normalized spacial score (nSPS) is 12.9. The molecule has 0 spiro atoms. The summed E-state index contributed by atoms with van der Waals surface area (Å²) in [5.41, 5.74) is 2.41. The number of hydrogen-bond acceptors (Lipinski definition) is 4. The van der Waals surface area contributed by atoms with Crippen LogP contribution >= 0.6 is 0 Å². The maximum atomic E-state index is 12.6. The molecule has 2 amide bonds. The largest absolute Gasteiger partial charge is 0.454 e. The van der Waals surface area contributed by atoms with Crippen molar-refractivity contribution >= 4 is 17.5 Å². The van der Waals surface area contributed by atoms with Crippen LogP contribution in [-0.4, -0.2) is 18.6 Å². The van der Waals surface area contributed by atoms with Gasteiger partial charge in [-0.2, -0.15) is 0 Å². The molecule has 1 heterocycles. The van der Waals surface area contributed by atoms with E-state index in [1.807, 2.05) is 37.3 Å². The second-order valence-corrected chi connectivity index (χ2v) is 6.71. The fourth-order valence-electron chi connectivity index (χ4n) is 3.08. The van der Waals surface area contributed by atoms with Crippen LogP contribution < -0.4 is 20.1 Å². The Morgan fingerprint density at radius 3 is 2.34 bits per heavy atom. The molecule has 3 aromatic rings. The summed E-state index contributed by atoms with van der Waals surface area (Å²) in [4.78, 5) is 25.2. The molecule has 146 valence electrons. The molecule has 1 atom stereocenters. The molecule has 1 unspecified atom stereocenters. The monoisotopic (exact) mass is 388 g/mol. The van der Waals surface area contributed by atoms with Crippen molar-refractivity contribution in [2.75, 3.05) is 12.1 Å². The molecule has 29 heavy (non-hydrogen) atoms. The first kappa shape index (κ1) is 18.6. The highest BCUT2D eigenvalue weighted by molar-refractivity contribution is 6.06. The van der Waals surface area contributed by atoms with Gasteiger partial charge in [-0.3, -0.25) is 9.59 Å². The molecule has 4 rings (SSSR count). The molecule has 1 aliphatic rings. The maximum Gasteiger partial charge on any atom is 0.255 e. The van der Waals surface area contributed by atoms with Crippen LogP contribution in [0.5, 0.6) is 11.5 Å². The first-order chi connectivity index (χ1) is 14.1. The van der Waals surface area contributed by atoms with Crippen molar-refractivity contribution in [2.24, 2.45) is 0 Å². The Bertz CT molecular complexity index is 1050. The number of nitrogens with one attached hydrogen (secondary N) is 2. The molecule has 0 aliphatic carbocycles. The van der Waals surface area contributed by atoms with Gasteiger partial charge in [0.05, 0.1) is 6.04 Å². The van der Waals surface area contributed by atoms with E-state index in [1.54, 1.807) is 42.5 Å². The van der Waals surface area contributed by atoms with Gasteiger partial charge in [0.2, 0.25) is 6.79 Å². The maximum absolute atomic E-state index is 12.6. The van der Waals surface area contributed by atoms with Gasteiger partial charge in [0, 0.05) is 22.9 Å². The summed E-state index contributed by atoms with van der Waals surface area (Å²) in [6, 6.07) is 21.4. The van der Waals surface area contributed by atoms with Gasteiger partial charge in [0.1, 0.15) is 0 Å². The van der Waals surface area contributed by atoms with Crippen LogP contribution in [0.4, 0.5) is 5.69 Å². The number of anilines is 1. The highest BCUT2D eigenvalue weighted by Gasteiger charge is 2.16. The smallest absolute Gasteiger partial charge is 0.255 e. The second kappa shape index (κ2) is 8.06. The van der Waals surface area contributed by atoms with Crippen molar-refractivity contribution in [1.29, 1.82) is 0 Å². The van der Waals surface area contributed by atoms with Crippen LogP contribution in [-0.2, 0) is 0 Å². The molecular weight excluding hydrogens is 368 g/mol. The van der Waals surface area contributed by atoms with Crippen molar-refractivity contribution in [3.63, 3.8) is 0 Å². The molecule has 0 fully saturated rings.